The fraction of sp³-hybridized carbons (Fsp3) is 0.632. The van der Waals surface area contributed by atoms with Gasteiger partial charge in [-0.15, -0.1) is 0 Å². The van der Waals surface area contributed by atoms with E-state index in [0.29, 0.717) is 48.5 Å². The van der Waals surface area contributed by atoms with Gasteiger partial charge in [-0.1, -0.05) is 123 Å². The molecular weight excluding hydrogens is 563 g/mol. The van der Waals surface area contributed by atoms with E-state index in [0.717, 1.165) is 24.7 Å². The zero-order valence-corrected chi connectivity index (χ0v) is 28.2. The summed E-state index contributed by atoms with van der Waals surface area (Å²) in [4.78, 5) is 25.2. The lowest BCUT2D eigenvalue weighted by molar-refractivity contribution is 0.0442. The van der Waals surface area contributed by atoms with Crippen molar-refractivity contribution in [2.24, 2.45) is 11.8 Å². The summed E-state index contributed by atoms with van der Waals surface area (Å²) < 4.78 is 23.1. The molecular formula is C38H57BO6. The molecule has 0 aliphatic carbocycles. The molecule has 45 heavy (non-hydrogen) atoms. The Morgan fingerprint density at radius 2 is 1.22 bits per heavy atom. The van der Waals surface area contributed by atoms with Gasteiger partial charge >= 0.3 is 19.1 Å². The molecule has 0 bridgehead atoms. The van der Waals surface area contributed by atoms with Gasteiger partial charge in [0.15, 0.2) is 0 Å². The van der Waals surface area contributed by atoms with Crippen molar-refractivity contribution in [3.05, 3.63) is 59.7 Å². The molecule has 1 atom stereocenters. The van der Waals surface area contributed by atoms with E-state index in [1.54, 1.807) is 36.4 Å². The fourth-order valence-electron chi connectivity index (χ4n) is 5.73. The second kappa shape index (κ2) is 22.0. The predicted molar refractivity (Wildman–Crippen MR) is 183 cm³/mol. The van der Waals surface area contributed by atoms with Gasteiger partial charge in [-0.2, -0.15) is 0 Å². The van der Waals surface area contributed by atoms with Gasteiger partial charge in [0, 0.05) is 19.1 Å². The normalized spacial score (nSPS) is 14.3. The Kier molecular flexibility index (Phi) is 18.0. The lowest BCUT2D eigenvalue weighted by Crippen LogP contribution is -2.44. The number of ether oxygens (including phenoxy) is 2. The van der Waals surface area contributed by atoms with Crippen LogP contribution in [0.4, 0.5) is 0 Å². The zero-order chi connectivity index (χ0) is 32.1. The van der Waals surface area contributed by atoms with Gasteiger partial charge in [0.05, 0.1) is 17.7 Å². The first kappa shape index (κ1) is 36.8. The Labute approximate surface area is 273 Å². The molecule has 0 amide bonds. The summed E-state index contributed by atoms with van der Waals surface area (Å²) in [7, 11) is -0.407. The third-order valence-electron chi connectivity index (χ3n) is 8.70. The molecule has 0 aromatic heterocycles. The Morgan fingerprint density at radius 3 is 1.82 bits per heavy atom. The second-order valence-electron chi connectivity index (χ2n) is 12.9. The molecule has 3 rings (SSSR count). The zero-order valence-electron chi connectivity index (χ0n) is 28.2. The average molecular weight is 621 g/mol. The molecule has 1 fully saturated rings. The lowest BCUT2D eigenvalue weighted by Gasteiger charge is -2.27. The van der Waals surface area contributed by atoms with E-state index in [4.69, 9.17) is 18.8 Å². The largest absolute Gasteiger partial charge is 0.493 e. The van der Waals surface area contributed by atoms with Crippen LogP contribution < -0.4 is 10.2 Å². The molecule has 1 aliphatic heterocycles. The maximum Gasteiger partial charge on any atom is 0.493 e. The quantitative estimate of drug-likeness (QED) is 0.0565. The first-order valence-electron chi connectivity index (χ1n) is 17.8. The maximum atomic E-state index is 12.7. The number of carbonyl (C=O) groups excluding carboxylic acids is 2. The summed E-state index contributed by atoms with van der Waals surface area (Å²) in [5.41, 5.74) is 1.77. The van der Waals surface area contributed by atoms with Gasteiger partial charge in [-0.25, -0.2) is 9.59 Å². The highest BCUT2D eigenvalue weighted by Gasteiger charge is 2.29. The van der Waals surface area contributed by atoms with Crippen LogP contribution in [0.3, 0.4) is 0 Å². The van der Waals surface area contributed by atoms with Crippen molar-refractivity contribution in [1.29, 1.82) is 0 Å². The number of esters is 2. The van der Waals surface area contributed by atoms with Crippen LogP contribution in [0, 0.1) is 11.8 Å². The first-order chi connectivity index (χ1) is 22.0. The minimum Gasteiger partial charge on any atom is -0.462 e. The molecule has 1 aliphatic rings. The van der Waals surface area contributed by atoms with Crippen molar-refractivity contribution in [3.8, 4) is 5.75 Å². The molecule has 1 heterocycles. The molecule has 7 heteroatoms. The first-order valence-corrected chi connectivity index (χ1v) is 17.8. The van der Waals surface area contributed by atoms with E-state index in [2.05, 4.69) is 20.8 Å². The topological polar surface area (TPSA) is 71.1 Å². The Bertz CT molecular complexity index is 1080. The van der Waals surface area contributed by atoms with E-state index in [9.17, 15) is 9.59 Å². The molecule has 248 valence electrons. The third kappa shape index (κ3) is 14.6. The van der Waals surface area contributed by atoms with E-state index < -0.39 is 13.1 Å². The van der Waals surface area contributed by atoms with Gasteiger partial charge in [-0.3, -0.25) is 0 Å². The monoisotopic (exact) mass is 620 g/mol. The van der Waals surface area contributed by atoms with Crippen molar-refractivity contribution < 1.29 is 28.4 Å². The number of hydrogen-bond acceptors (Lipinski definition) is 6. The fourth-order valence-corrected chi connectivity index (χ4v) is 5.73. The molecule has 2 aromatic rings. The number of unbranched alkanes of at least 4 members (excludes halogenated alkanes) is 12. The van der Waals surface area contributed by atoms with Gasteiger partial charge in [-0.05, 0) is 60.6 Å². The summed E-state index contributed by atoms with van der Waals surface area (Å²) in [5, 5.41) is 0. The van der Waals surface area contributed by atoms with E-state index in [1.807, 2.05) is 12.1 Å². The number of carbonyl (C=O) groups is 2. The SMILES string of the molecule is CCCCCCCCCCCCC1COB(c2ccc(C(=O)Oc3ccc(C(=O)OCC(C)CCCCCC)cc3)cc2)OC1. The van der Waals surface area contributed by atoms with Gasteiger partial charge in [0.2, 0.25) is 0 Å². The second-order valence-corrected chi connectivity index (χ2v) is 12.9. The smallest absolute Gasteiger partial charge is 0.462 e. The Balaban J connectivity index is 1.31. The summed E-state index contributed by atoms with van der Waals surface area (Å²) >= 11 is 0. The van der Waals surface area contributed by atoms with Crippen LogP contribution >= 0.6 is 0 Å². The van der Waals surface area contributed by atoms with E-state index in [1.165, 1.54) is 83.5 Å². The summed E-state index contributed by atoms with van der Waals surface area (Å²) in [6.45, 7) is 8.39. The van der Waals surface area contributed by atoms with Crippen LogP contribution in [0.5, 0.6) is 5.75 Å². The Morgan fingerprint density at radius 1 is 0.711 bits per heavy atom. The molecule has 1 unspecified atom stereocenters. The standard InChI is InChI=1S/C38H57BO6/c1-4-6-8-10-11-12-13-14-15-17-19-32-29-43-39(44-30-32)35-24-20-34(21-25-35)38(41)45-36-26-22-33(23-27-36)37(40)42-28-31(3)18-16-9-7-5-2/h20-27,31-32H,4-19,28-30H2,1-3H3. The Hall–Kier alpha value is -2.64. The van der Waals surface area contributed by atoms with Crippen LogP contribution in [0.1, 0.15) is 144 Å². The van der Waals surface area contributed by atoms with Crippen molar-refractivity contribution in [3.63, 3.8) is 0 Å². The molecule has 6 nitrogen and oxygen atoms in total. The number of benzene rings is 2. The van der Waals surface area contributed by atoms with Crippen molar-refractivity contribution >= 4 is 24.5 Å². The number of rotatable bonds is 22. The van der Waals surface area contributed by atoms with Crippen LogP contribution in [0.2, 0.25) is 0 Å². The molecule has 0 saturated carbocycles. The highest BCUT2D eigenvalue weighted by Crippen LogP contribution is 2.19. The van der Waals surface area contributed by atoms with Crippen LogP contribution in [0.15, 0.2) is 48.5 Å². The molecule has 2 aromatic carbocycles. The lowest BCUT2D eigenvalue weighted by atomic mass is 9.77. The number of hydrogen-bond donors (Lipinski definition) is 0. The predicted octanol–water partition coefficient (Wildman–Crippen LogP) is 9.34. The minimum absolute atomic E-state index is 0.338. The van der Waals surface area contributed by atoms with Crippen molar-refractivity contribution in [2.75, 3.05) is 19.8 Å². The van der Waals surface area contributed by atoms with Crippen LogP contribution in [-0.2, 0) is 14.0 Å². The van der Waals surface area contributed by atoms with Crippen molar-refractivity contribution in [2.45, 2.75) is 124 Å². The minimum atomic E-state index is -0.462. The summed E-state index contributed by atoms with van der Waals surface area (Å²) in [6, 6.07) is 13.7. The molecule has 0 radical (unpaired) electrons. The maximum absolute atomic E-state index is 12.7. The third-order valence-corrected chi connectivity index (χ3v) is 8.70. The van der Waals surface area contributed by atoms with Crippen molar-refractivity contribution in [1.82, 2.24) is 0 Å². The van der Waals surface area contributed by atoms with E-state index in [-0.39, 0.29) is 5.97 Å². The van der Waals surface area contributed by atoms with E-state index >= 15 is 0 Å². The summed E-state index contributed by atoms with van der Waals surface area (Å²) in [6.07, 6.45) is 20.5. The highest BCUT2D eigenvalue weighted by molar-refractivity contribution is 6.61. The van der Waals surface area contributed by atoms with Gasteiger partial charge < -0.3 is 18.8 Å². The van der Waals surface area contributed by atoms with Crippen LogP contribution in [-0.4, -0.2) is 38.9 Å². The molecule has 0 spiro atoms. The molecule has 1 saturated heterocycles. The van der Waals surface area contributed by atoms with Crippen LogP contribution in [0.25, 0.3) is 0 Å². The molecule has 0 N–H and O–H groups in total. The average Bonchev–Trinajstić information content (AvgIpc) is 3.07. The summed E-state index contributed by atoms with van der Waals surface area (Å²) in [5.74, 6) is 0.334. The van der Waals surface area contributed by atoms with Gasteiger partial charge in [0.1, 0.15) is 5.75 Å². The van der Waals surface area contributed by atoms with Gasteiger partial charge in [0.25, 0.3) is 0 Å². The highest BCUT2D eigenvalue weighted by atomic mass is 16.6.